The average Bonchev–Trinajstić information content (AvgIpc) is 2.77. The summed E-state index contributed by atoms with van der Waals surface area (Å²) in [6.07, 6.45) is 0.607. The molecule has 4 N–H and O–H groups in total. The lowest BCUT2D eigenvalue weighted by Crippen LogP contribution is -2.46. The van der Waals surface area contributed by atoms with Crippen molar-refractivity contribution < 1.29 is 34.4 Å². The number of nitrogens with one attached hydrogen (secondary N) is 1. The van der Waals surface area contributed by atoms with Crippen LogP contribution in [0.4, 0.5) is 4.79 Å². The molecule has 0 spiro atoms. The molecule has 21 heavy (non-hydrogen) atoms. The van der Waals surface area contributed by atoms with E-state index in [-0.39, 0.29) is 13.0 Å². The Morgan fingerprint density at radius 3 is 2.29 bits per heavy atom. The van der Waals surface area contributed by atoms with E-state index in [0.717, 1.165) is 6.42 Å². The first-order valence-electron chi connectivity index (χ1n) is 6.92. The van der Waals surface area contributed by atoms with Gasteiger partial charge in [-0.1, -0.05) is 13.3 Å². The maximum Gasteiger partial charge on any atom is 0.407 e. The van der Waals surface area contributed by atoms with Gasteiger partial charge in [0.25, 0.3) is 0 Å². The summed E-state index contributed by atoms with van der Waals surface area (Å²) in [5, 5.41) is 30.0. The van der Waals surface area contributed by atoms with Crippen molar-refractivity contribution in [1.82, 2.24) is 5.32 Å². The average molecular weight is 303 g/mol. The first-order chi connectivity index (χ1) is 9.92. The molecule has 0 aromatic carbocycles. The number of carboxylic acids is 2. The smallest absolute Gasteiger partial charge is 0.407 e. The zero-order valence-electron chi connectivity index (χ0n) is 11.8. The predicted molar refractivity (Wildman–Crippen MR) is 70.6 cm³/mol. The lowest BCUT2D eigenvalue weighted by molar-refractivity contribution is -0.143. The first kappa shape index (κ1) is 17.2. The molecule has 1 amide bonds. The second-order valence-electron chi connectivity index (χ2n) is 5.13. The van der Waals surface area contributed by atoms with Crippen LogP contribution in [0.15, 0.2) is 0 Å². The van der Waals surface area contributed by atoms with Gasteiger partial charge in [0.05, 0.1) is 24.5 Å². The van der Waals surface area contributed by atoms with Gasteiger partial charge in [0, 0.05) is 12.5 Å². The molecule has 0 heterocycles. The lowest BCUT2D eigenvalue weighted by atomic mass is 9.94. The normalized spacial score (nSPS) is 28.1. The molecule has 4 atom stereocenters. The largest absolute Gasteiger partial charge is 0.481 e. The third kappa shape index (κ3) is 4.32. The number of ether oxygens (including phenoxy) is 1. The number of aliphatic hydroxyl groups is 1. The topological polar surface area (TPSA) is 133 Å². The van der Waals surface area contributed by atoms with Gasteiger partial charge in [0.1, 0.15) is 0 Å². The minimum Gasteiger partial charge on any atom is -0.481 e. The summed E-state index contributed by atoms with van der Waals surface area (Å²) in [5.74, 6) is -5.28. The number of hydrogen-bond acceptors (Lipinski definition) is 5. The van der Waals surface area contributed by atoms with E-state index in [2.05, 4.69) is 5.32 Å². The van der Waals surface area contributed by atoms with Crippen LogP contribution in [0.5, 0.6) is 0 Å². The van der Waals surface area contributed by atoms with Crippen molar-refractivity contribution in [1.29, 1.82) is 0 Å². The Bertz CT molecular complexity index is 398. The number of carbonyl (C=O) groups excluding carboxylic acids is 1. The summed E-state index contributed by atoms with van der Waals surface area (Å²) >= 11 is 0. The van der Waals surface area contributed by atoms with Gasteiger partial charge in [0.2, 0.25) is 0 Å². The molecule has 1 saturated carbocycles. The molecule has 0 bridgehead atoms. The molecule has 1 fully saturated rings. The molecule has 8 heteroatoms. The summed E-state index contributed by atoms with van der Waals surface area (Å²) < 4.78 is 4.89. The number of unbranched alkanes of at least 4 members (excludes halogenated alkanes) is 1. The number of aliphatic hydroxyl groups excluding tert-OH is 1. The van der Waals surface area contributed by atoms with Gasteiger partial charge < -0.3 is 25.4 Å². The van der Waals surface area contributed by atoms with Crippen LogP contribution >= 0.6 is 0 Å². The molecule has 0 aromatic rings. The summed E-state index contributed by atoms with van der Waals surface area (Å²) in [5.41, 5.74) is 0. The summed E-state index contributed by atoms with van der Waals surface area (Å²) in [6, 6.07) is -0.956. The van der Waals surface area contributed by atoms with E-state index >= 15 is 0 Å². The Balaban J connectivity index is 2.76. The Kier molecular flexibility index (Phi) is 6.41. The quantitative estimate of drug-likeness (QED) is 0.497. The fourth-order valence-electron chi connectivity index (χ4n) is 2.62. The zero-order valence-corrected chi connectivity index (χ0v) is 11.8. The molecule has 1 aliphatic carbocycles. The highest BCUT2D eigenvalue weighted by molar-refractivity contribution is 5.78. The highest BCUT2D eigenvalue weighted by Crippen LogP contribution is 2.37. The molecule has 120 valence electrons. The molecule has 1 aliphatic rings. The van der Waals surface area contributed by atoms with E-state index in [1.54, 1.807) is 0 Å². The Labute approximate surface area is 122 Å². The second kappa shape index (κ2) is 7.82. The van der Waals surface area contributed by atoms with Gasteiger partial charge in [0.15, 0.2) is 0 Å². The van der Waals surface area contributed by atoms with Gasteiger partial charge in [-0.15, -0.1) is 0 Å². The minimum absolute atomic E-state index is 0.129. The molecule has 0 saturated heterocycles. The highest BCUT2D eigenvalue weighted by atomic mass is 16.5. The van der Waals surface area contributed by atoms with Crippen molar-refractivity contribution in [3.63, 3.8) is 0 Å². The summed E-state index contributed by atoms with van der Waals surface area (Å²) in [6.45, 7) is 1.62. The number of amides is 1. The summed E-state index contributed by atoms with van der Waals surface area (Å²) in [7, 11) is 0. The van der Waals surface area contributed by atoms with Crippen molar-refractivity contribution in [2.45, 2.75) is 32.2 Å². The molecule has 0 unspecified atom stereocenters. The number of rotatable bonds is 7. The maximum atomic E-state index is 11.6. The van der Waals surface area contributed by atoms with Crippen molar-refractivity contribution >= 4 is 18.0 Å². The molecular weight excluding hydrogens is 282 g/mol. The number of carbonyl (C=O) groups is 3. The van der Waals surface area contributed by atoms with Crippen LogP contribution in [0.1, 0.15) is 26.2 Å². The Hall–Kier alpha value is -1.83. The van der Waals surface area contributed by atoms with Crippen LogP contribution in [0, 0.1) is 17.8 Å². The number of aliphatic carboxylic acids is 2. The van der Waals surface area contributed by atoms with Gasteiger partial charge in [-0.25, -0.2) is 4.79 Å². The second-order valence-corrected chi connectivity index (χ2v) is 5.13. The first-order valence-corrected chi connectivity index (χ1v) is 6.92. The van der Waals surface area contributed by atoms with Gasteiger partial charge in [-0.05, 0) is 12.8 Å². The standard InChI is InChI=1S/C13H21NO7/c1-2-3-4-21-13(20)14-10-8(12(18)19)5-7(11(16)17)9(10)6-15/h7-10,15H,2-6H2,1H3,(H,14,20)(H,16,17)(H,18,19)/t7-,8+,9+,10-/m1/s1. The van der Waals surface area contributed by atoms with Crippen LogP contribution in [-0.2, 0) is 14.3 Å². The van der Waals surface area contributed by atoms with Crippen molar-refractivity contribution in [3.8, 4) is 0 Å². The Morgan fingerprint density at radius 2 is 1.81 bits per heavy atom. The van der Waals surface area contributed by atoms with Crippen molar-refractivity contribution in [2.24, 2.45) is 17.8 Å². The molecule has 0 radical (unpaired) electrons. The van der Waals surface area contributed by atoms with Gasteiger partial charge >= 0.3 is 18.0 Å². The van der Waals surface area contributed by atoms with E-state index in [4.69, 9.17) is 14.9 Å². The number of alkyl carbamates (subject to hydrolysis) is 1. The maximum absolute atomic E-state index is 11.6. The summed E-state index contributed by atoms with van der Waals surface area (Å²) in [4.78, 5) is 34.0. The molecular formula is C13H21NO7. The van der Waals surface area contributed by atoms with E-state index in [0.29, 0.717) is 6.42 Å². The van der Waals surface area contributed by atoms with Crippen LogP contribution in [0.25, 0.3) is 0 Å². The van der Waals surface area contributed by atoms with E-state index < -0.39 is 48.4 Å². The van der Waals surface area contributed by atoms with Crippen LogP contribution in [0.2, 0.25) is 0 Å². The Morgan fingerprint density at radius 1 is 1.19 bits per heavy atom. The monoisotopic (exact) mass is 303 g/mol. The van der Waals surface area contributed by atoms with E-state index in [1.807, 2.05) is 6.92 Å². The molecule has 0 aromatic heterocycles. The minimum atomic E-state index is -1.20. The predicted octanol–water partition coefficient (Wildman–Crippen LogP) is 0.295. The van der Waals surface area contributed by atoms with E-state index in [9.17, 15) is 19.5 Å². The molecule has 8 nitrogen and oxygen atoms in total. The number of carboxylic acid groups (broad SMARTS) is 2. The number of hydrogen-bond donors (Lipinski definition) is 4. The lowest BCUT2D eigenvalue weighted by Gasteiger charge is -2.23. The third-order valence-corrected chi connectivity index (χ3v) is 3.78. The fraction of sp³-hybridized carbons (Fsp3) is 0.769. The van der Waals surface area contributed by atoms with Gasteiger partial charge in [-0.2, -0.15) is 0 Å². The van der Waals surface area contributed by atoms with Crippen molar-refractivity contribution in [2.75, 3.05) is 13.2 Å². The SMILES string of the molecule is CCCCOC(=O)N[C@H]1[C@@H](CO)[C@H](C(=O)O)C[C@@H]1C(=O)O. The van der Waals surface area contributed by atoms with E-state index in [1.165, 1.54) is 0 Å². The van der Waals surface area contributed by atoms with Crippen LogP contribution in [-0.4, -0.2) is 52.6 Å². The van der Waals surface area contributed by atoms with Crippen LogP contribution < -0.4 is 5.32 Å². The van der Waals surface area contributed by atoms with Crippen LogP contribution in [0.3, 0.4) is 0 Å². The molecule has 1 rings (SSSR count). The highest BCUT2D eigenvalue weighted by Gasteiger charge is 2.50. The molecule has 0 aliphatic heterocycles. The fourth-order valence-corrected chi connectivity index (χ4v) is 2.62. The third-order valence-electron chi connectivity index (χ3n) is 3.78. The van der Waals surface area contributed by atoms with Gasteiger partial charge in [-0.3, -0.25) is 9.59 Å². The zero-order chi connectivity index (χ0) is 16.0. The van der Waals surface area contributed by atoms with Crippen molar-refractivity contribution in [3.05, 3.63) is 0 Å².